The smallest absolute Gasteiger partial charge is 0.191 e. The molecule has 3 heterocycles. The van der Waals surface area contributed by atoms with Crippen molar-refractivity contribution in [2.24, 2.45) is 4.99 Å². The van der Waals surface area contributed by atoms with Gasteiger partial charge in [-0.2, -0.15) is 11.8 Å². The van der Waals surface area contributed by atoms with Crippen molar-refractivity contribution in [3.63, 3.8) is 0 Å². The van der Waals surface area contributed by atoms with Gasteiger partial charge in [-0.1, -0.05) is 0 Å². The monoisotopic (exact) mass is 396 g/mol. The van der Waals surface area contributed by atoms with Crippen LogP contribution < -0.4 is 10.6 Å². The zero-order valence-electron chi connectivity index (χ0n) is 16.2. The Morgan fingerprint density at radius 1 is 1.37 bits per heavy atom. The average Bonchev–Trinajstić information content (AvgIpc) is 3.40. The van der Waals surface area contributed by atoms with E-state index in [0.29, 0.717) is 13.2 Å². The molecule has 8 heteroatoms. The summed E-state index contributed by atoms with van der Waals surface area (Å²) in [6.45, 7) is 6.72. The Kier molecular flexibility index (Phi) is 8.32. The van der Waals surface area contributed by atoms with Crippen LogP contribution in [0.4, 0.5) is 0 Å². The molecule has 0 aromatic carbocycles. The summed E-state index contributed by atoms with van der Waals surface area (Å²) in [7, 11) is 1.83. The maximum Gasteiger partial charge on any atom is 0.191 e. The molecule has 1 aromatic heterocycles. The largest absolute Gasteiger partial charge is 0.467 e. The second-order valence-corrected chi connectivity index (χ2v) is 8.07. The number of nitrogens with one attached hydrogen (secondary N) is 2. The van der Waals surface area contributed by atoms with Crippen LogP contribution in [0.15, 0.2) is 27.8 Å². The van der Waals surface area contributed by atoms with Crippen LogP contribution in [0.1, 0.15) is 18.6 Å². The number of aliphatic imine (C=N–C) groups is 1. The highest BCUT2D eigenvalue weighted by atomic mass is 32.2. The van der Waals surface area contributed by atoms with Gasteiger partial charge in [-0.05, 0) is 30.7 Å². The van der Waals surface area contributed by atoms with Crippen molar-refractivity contribution in [3.05, 3.63) is 24.2 Å². The minimum atomic E-state index is 0.220. The number of ether oxygens (including phenoxy) is 2. The van der Waals surface area contributed by atoms with Crippen molar-refractivity contribution in [2.75, 3.05) is 64.6 Å². The average molecular weight is 397 g/mol. The lowest BCUT2D eigenvalue weighted by atomic mass is 9.95. The first kappa shape index (κ1) is 20.5. The zero-order chi connectivity index (χ0) is 18.8. The Balaban J connectivity index is 1.35. The van der Waals surface area contributed by atoms with Crippen LogP contribution >= 0.6 is 11.8 Å². The number of morpholine rings is 1. The fourth-order valence-electron chi connectivity index (χ4n) is 3.55. The molecular weight excluding hydrogens is 364 g/mol. The summed E-state index contributed by atoms with van der Waals surface area (Å²) in [6.07, 6.45) is 3.82. The lowest BCUT2D eigenvalue weighted by Crippen LogP contribution is -2.60. The fraction of sp³-hybridized carbons (Fsp3) is 0.737. The molecule has 2 saturated heterocycles. The van der Waals surface area contributed by atoms with E-state index in [-0.39, 0.29) is 5.54 Å². The molecular formula is C19H32N4O3S. The summed E-state index contributed by atoms with van der Waals surface area (Å²) in [5.41, 5.74) is 0.220. The molecule has 0 amide bonds. The second-order valence-electron chi connectivity index (χ2n) is 6.96. The van der Waals surface area contributed by atoms with E-state index in [1.807, 2.05) is 19.2 Å². The van der Waals surface area contributed by atoms with Gasteiger partial charge in [0.25, 0.3) is 0 Å². The van der Waals surface area contributed by atoms with Gasteiger partial charge < -0.3 is 24.5 Å². The number of furan rings is 1. The Morgan fingerprint density at radius 2 is 2.26 bits per heavy atom. The lowest BCUT2D eigenvalue weighted by molar-refractivity contribution is -0.0120. The lowest BCUT2D eigenvalue weighted by Gasteiger charge is -2.43. The van der Waals surface area contributed by atoms with E-state index in [1.165, 1.54) is 17.9 Å². The molecule has 2 aliphatic heterocycles. The molecule has 3 rings (SSSR count). The van der Waals surface area contributed by atoms with Gasteiger partial charge in [0.1, 0.15) is 12.4 Å². The molecule has 0 saturated carbocycles. The quantitative estimate of drug-likeness (QED) is 0.373. The summed E-state index contributed by atoms with van der Waals surface area (Å²) in [6, 6.07) is 3.80. The van der Waals surface area contributed by atoms with Crippen LogP contribution in [0.2, 0.25) is 0 Å². The Morgan fingerprint density at radius 3 is 2.96 bits per heavy atom. The number of nitrogens with zero attached hydrogens (tertiary/aromatic N) is 2. The van der Waals surface area contributed by atoms with Gasteiger partial charge in [-0.25, -0.2) is 0 Å². The van der Waals surface area contributed by atoms with Crippen LogP contribution in [-0.2, 0) is 16.1 Å². The summed E-state index contributed by atoms with van der Waals surface area (Å²) >= 11 is 2.05. The highest BCUT2D eigenvalue weighted by Crippen LogP contribution is 2.33. The first-order valence-corrected chi connectivity index (χ1v) is 10.9. The molecule has 1 unspecified atom stereocenters. The van der Waals surface area contributed by atoms with Gasteiger partial charge in [-0.3, -0.25) is 9.89 Å². The molecule has 0 radical (unpaired) electrons. The molecule has 2 N–H and O–H groups in total. The molecule has 152 valence electrons. The summed E-state index contributed by atoms with van der Waals surface area (Å²) in [5, 5.41) is 6.94. The number of rotatable bonds is 9. The molecule has 1 aromatic rings. The SMILES string of the molecule is CN=C(NCCCOCc1ccco1)NCC1(N2CCOCC2)CCSC1. The molecule has 7 nitrogen and oxygen atoms in total. The van der Waals surface area contributed by atoms with Gasteiger partial charge in [0, 0.05) is 51.1 Å². The molecule has 0 spiro atoms. The van der Waals surface area contributed by atoms with Crippen molar-refractivity contribution in [1.82, 2.24) is 15.5 Å². The molecule has 0 aliphatic carbocycles. The van der Waals surface area contributed by atoms with Gasteiger partial charge in [0.15, 0.2) is 5.96 Å². The Bertz CT molecular complexity index is 555. The predicted octanol–water partition coefficient (Wildman–Crippen LogP) is 1.56. The number of thioether (sulfide) groups is 1. The normalized spacial score (nSPS) is 24.3. The predicted molar refractivity (Wildman–Crippen MR) is 109 cm³/mol. The van der Waals surface area contributed by atoms with Crippen molar-refractivity contribution in [2.45, 2.75) is 25.0 Å². The highest BCUT2D eigenvalue weighted by molar-refractivity contribution is 7.99. The van der Waals surface area contributed by atoms with Gasteiger partial charge in [0.2, 0.25) is 0 Å². The minimum absolute atomic E-state index is 0.220. The second kappa shape index (κ2) is 10.9. The van der Waals surface area contributed by atoms with E-state index in [9.17, 15) is 0 Å². The minimum Gasteiger partial charge on any atom is -0.467 e. The fourth-order valence-corrected chi connectivity index (χ4v) is 5.03. The molecule has 0 bridgehead atoms. The molecule has 27 heavy (non-hydrogen) atoms. The molecule has 2 fully saturated rings. The third-order valence-corrected chi connectivity index (χ3v) is 6.39. The number of guanidine groups is 1. The van der Waals surface area contributed by atoms with Crippen LogP contribution in [-0.4, -0.2) is 81.0 Å². The maximum atomic E-state index is 5.61. The van der Waals surface area contributed by atoms with E-state index in [0.717, 1.165) is 57.5 Å². The van der Waals surface area contributed by atoms with E-state index in [1.54, 1.807) is 6.26 Å². The first-order valence-electron chi connectivity index (χ1n) is 9.78. The van der Waals surface area contributed by atoms with Crippen molar-refractivity contribution < 1.29 is 13.9 Å². The van der Waals surface area contributed by atoms with Crippen molar-refractivity contribution >= 4 is 17.7 Å². The van der Waals surface area contributed by atoms with Crippen molar-refractivity contribution in [1.29, 1.82) is 0 Å². The summed E-state index contributed by atoms with van der Waals surface area (Å²) in [4.78, 5) is 6.98. The first-order chi connectivity index (χ1) is 13.3. The molecule has 2 aliphatic rings. The van der Waals surface area contributed by atoms with E-state index in [2.05, 4.69) is 32.3 Å². The Labute approximate surface area is 166 Å². The highest BCUT2D eigenvalue weighted by Gasteiger charge is 2.40. The van der Waals surface area contributed by atoms with E-state index < -0.39 is 0 Å². The number of hydrogen-bond acceptors (Lipinski definition) is 6. The van der Waals surface area contributed by atoms with Crippen LogP contribution in [0.3, 0.4) is 0 Å². The third kappa shape index (κ3) is 6.14. The van der Waals surface area contributed by atoms with Gasteiger partial charge in [0.05, 0.1) is 19.5 Å². The summed E-state index contributed by atoms with van der Waals surface area (Å²) < 4.78 is 16.4. The van der Waals surface area contributed by atoms with Crippen LogP contribution in [0, 0.1) is 0 Å². The van der Waals surface area contributed by atoms with Gasteiger partial charge >= 0.3 is 0 Å². The topological polar surface area (TPSA) is 71.3 Å². The maximum absolute atomic E-state index is 5.61. The zero-order valence-corrected chi connectivity index (χ0v) is 17.1. The third-order valence-electron chi connectivity index (χ3n) is 5.16. The Hall–Kier alpha value is -1.22. The van der Waals surface area contributed by atoms with E-state index in [4.69, 9.17) is 13.9 Å². The van der Waals surface area contributed by atoms with Crippen LogP contribution in [0.5, 0.6) is 0 Å². The van der Waals surface area contributed by atoms with Crippen molar-refractivity contribution in [3.8, 4) is 0 Å². The number of hydrogen-bond donors (Lipinski definition) is 2. The van der Waals surface area contributed by atoms with Crippen LogP contribution in [0.25, 0.3) is 0 Å². The van der Waals surface area contributed by atoms with E-state index >= 15 is 0 Å². The van der Waals surface area contributed by atoms with Gasteiger partial charge in [-0.15, -0.1) is 0 Å². The summed E-state index contributed by atoms with van der Waals surface area (Å²) in [5.74, 6) is 4.14. The molecule has 1 atom stereocenters. The standard InChI is InChI=1S/C19H32N4O3S/c1-20-18(21-6-3-9-25-14-17-4-2-10-26-17)22-15-19(5-13-27-16-19)23-7-11-24-12-8-23/h2,4,10H,3,5-9,11-16H2,1H3,(H2,20,21,22).